The molecule has 0 aliphatic heterocycles. The van der Waals surface area contributed by atoms with E-state index >= 15 is 0 Å². The fraction of sp³-hybridized carbons (Fsp3) is 0.370. The van der Waals surface area contributed by atoms with Crippen LogP contribution >= 0.6 is 0 Å². The van der Waals surface area contributed by atoms with E-state index in [2.05, 4.69) is 28.6 Å². The second-order valence-electron chi connectivity index (χ2n) is 9.37. The summed E-state index contributed by atoms with van der Waals surface area (Å²) in [5.41, 5.74) is 3.33. The van der Waals surface area contributed by atoms with Gasteiger partial charge in [0.1, 0.15) is 11.3 Å². The number of H-pyrrole nitrogens is 1. The van der Waals surface area contributed by atoms with Gasteiger partial charge in [-0.25, -0.2) is 4.79 Å². The third-order valence-electron chi connectivity index (χ3n) is 5.35. The molecule has 2 amide bonds. The van der Waals surface area contributed by atoms with Crippen molar-refractivity contribution in [1.82, 2.24) is 15.6 Å². The van der Waals surface area contributed by atoms with Gasteiger partial charge in [0.2, 0.25) is 0 Å². The molecule has 0 fully saturated rings. The van der Waals surface area contributed by atoms with Crippen molar-refractivity contribution < 1.29 is 14.3 Å². The summed E-state index contributed by atoms with van der Waals surface area (Å²) in [6.45, 7) is 7.85. The third-order valence-corrected chi connectivity index (χ3v) is 5.35. The molecule has 0 spiro atoms. The highest BCUT2D eigenvalue weighted by Gasteiger charge is 2.20. The molecule has 178 valence electrons. The van der Waals surface area contributed by atoms with Crippen molar-refractivity contribution in [2.45, 2.75) is 58.6 Å². The van der Waals surface area contributed by atoms with Crippen molar-refractivity contribution in [1.29, 1.82) is 5.26 Å². The maximum Gasteiger partial charge on any atom is 0.407 e. The van der Waals surface area contributed by atoms with Crippen LogP contribution in [0.15, 0.2) is 48.5 Å². The largest absolute Gasteiger partial charge is 0.444 e. The van der Waals surface area contributed by atoms with Gasteiger partial charge in [0, 0.05) is 23.5 Å². The topological polar surface area (TPSA) is 107 Å². The Morgan fingerprint density at radius 3 is 2.44 bits per heavy atom. The lowest BCUT2D eigenvalue weighted by Crippen LogP contribution is -2.45. The molecule has 0 saturated heterocycles. The summed E-state index contributed by atoms with van der Waals surface area (Å²) in [5, 5.41) is 15.7. The Kier molecular flexibility index (Phi) is 7.95. The van der Waals surface area contributed by atoms with Gasteiger partial charge in [0.15, 0.2) is 0 Å². The molecule has 0 aliphatic rings. The summed E-state index contributed by atoms with van der Waals surface area (Å²) in [6.07, 6.45) is 2.19. The molecule has 1 aromatic heterocycles. The zero-order valence-corrected chi connectivity index (χ0v) is 20.2. The molecule has 3 rings (SSSR count). The molecule has 0 aliphatic carbocycles. The number of carbonyl (C=O) groups excluding carboxylic acids is 2. The van der Waals surface area contributed by atoms with Crippen molar-refractivity contribution in [3.05, 3.63) is 59.8 Å². The van der Waals surface area contributed by atoms with E-state index in [-0.39, 0.29) is 11.9 Å². The van der Waals surface area contributed by atoms with Gasteiger partial charge in [-0.3, -0.25) is 4.79 Å². The molecule has 0 saturated carbocycles. The summed E-state index contributed by atoms with van der Waals surface area (Å²) in [4.78, 5) is 28.2. The first-order chi connectivity index (χ1) is 16.2. The number of amides is 2. The Morgan fingerprint density at radius 1 is 1.09 bits per heavy atom. The minimum Gasteiger partial charge on any atom is -0.444 e. The Morgan fingerprint density at radius 2 is 1.79 bits per heavy atom. The number of nitrogens with zero attached hydrogens (tertiary/aromatic N) is 1. The Balaban J connectivity index is 1.67. The lowest BCUT2D eigenvalue weighted by atomic mass is 10.0. The SMILES string of the molecule is CCCC[C@H](CNC(=O)c1cc2ccc(-c3ccc(C#N)cc3)cc2[nH]1)NC(=O)OC(C)(C)C. The van der Waals surface area contributed by atoms with Crippen LogP contribution in [0.4, 0.5) is 4.79 Å². The average Bonchev–Trinajstić information content (AvgIpc) is 3.23. The Bertz CT molecular complexity index is 1180. The molecule has 1 atom stereocenters. The normalized spacial score (nSPS) is 12.1. The van der Waals surface area contributed by atoms with Gasteiger partial charge in [-0.2, -0.15) is 5.26 Å². The molecule has 1 heterocycles. The number of aromatic nitrogens is 1. The zero-order valence-electron chi connectivity index (χ0n) is 20.2. The van der Waals surface area contributed by atoms with E-state index in [0.29, 0.717) is 17.8 Å². The van der Waals surface area contributed by atoms with Crippen molar-refractivity contribution in [3.63, 3.8) is 0 Å². The average molecular weight is 461 g/mol. The van der Waals surface area contributed by atoms with Crippen LogP contribution in [0.2, 0.25) is 0 Å². The van der Waals surface area contributed by atoms with Crippen molar-refractivity contribution in [2.75, 3.05) is 6.54 Å². The van der Waals surface area contributed by atoms with Crippen LogP contribution in [0.25, 0.3) is 22.0 Å². The molecule has 3 aromatic rings. The first-order valence-electron chi connectivity index (χ1n) is 11.6. The fourth-order valence-corrected chi connectivity index (χ4v) is 3.63. The number of hydrogen-bond acceptors (Lipinski definition) is 4. The van der Waals surface area contributed by atoms with Crippen molar-refractivity contribution >= 4 is 22.9 Å². The number of alkyl carbamates (subject to hydrolysis) is 1. The number of hydrogen-bond donors (Lipinski definition) is 3. The number of aromatic amines is 1. The first kappa shape index (κ1) is 24.8. The number of carbonyl (C=O) groups is 2. The molecule has 0 radical (unpaired) electrons. The standard InChI is InChI=1S/C27H32N4O3/c1-5-6-7-22(30-26(33)34-27(2,3)4)17-29-25(32)24-15-21-13-12-20(14-23(21)31-24)19-10-8-18(16-28)9-11-19/h8-15,22,31H,5-7,17H2,1-4H3,(H,29,32)(H,30,33)/t22-/m1/s1. The van der Waals surface area contributed by atoms with Crippen LogP contribution in [0.1, 0.15) is 63.0 Å². The molecular weight excluding hydrogens is 428 g/mol. The van der Waals surface area contributed by atoms with E-state index in [4.69, 9.17) is 10.00 Å². The number of benzene rings is 2. The van der Waals surface area contributed by atoms with E-state index in [0.717, 1.165) is 41.3 Å². The predicted octanol–water partition coefficient (Wildman–Crippen LogP) is 5.52. The zero-order chi connectivity index (χ0) is 24.7. The Labute approximate surface area is 200 Å². The molecule has 0 bridgehead atoms. The minimum atomic E-state index is -0.580. The summed E-state index contributed by atoms with van der Waals surface area (Å²) < 4.78 is 5.36. The van der Waals surface area contributed by atoms with Gasteiger partial charge in [-0.15, -0.1) is 0 Å². The third kappa shape index (κ3) is 6.85. The molecule has 3 N–H and O–H groups in total. The highest BCUT2D eigenvalue weighted by molar-refractivity contribution is 5.98. The van der Waals surface area contributed by atoms with Gasteiger partial charge in [-0.1, -0.05) is 44.0 Å². The minimum absolute atomic E-state index is 0.217. The van der Waals surface area contributed by atoms with Gasteiger partial charge in [0.25, 0.3) is 5.91 Å². The molecule has 2 aromatic carbocycles. The van der Waals surface area contributed by atoms with Crippen LogP contribution < -0.4 is 10.6 Å². The highest BCUT2D eigenvalue weighted by atomic mass is 16.6. The van der Waals surface area contributed by atoms with Gasteiger partial charge in [-0.05, 0) is 62.6 Å². The summed E-state index contributed by atoms with van der Waals surface area (Å²) in [5.74, 6) is -0.233. The van der Waals surface area contributed by atoms with E-state index < -0.39 is 11.7 Å². The van der Waals surface area contributed by atoms with Gasteiger partial charge in [0.05, 0.1) is 11.6 Å². The van der Waals surface area contributed by atoms with E-state index in [1.54, 1.807) is 12.1 Å². The Hall–Kier alpha value is -3.79. The van der Waals surface area contributed by atoms with Crippen molar-refractivity contribution in [2.24, 2.45) is 0 Å². The molecule has 34 heavy (non-hydrogen) atoms. The number of nitriles is 1. The second kappa shape index (κ2) is 10.9. The lowest BCUT2D eigenvalue weighted by molar-refractivity contribution is 0.0498. The van der Waals surface area contributed by atoms with E-state index in [9.17, 15) is 9.59 Å². The lowest BCUT2D eigenvalue weighted by Gasteiger charge is -2.23. The van der Waals surface area contributed by atoms with Crippen LogP contribution in [0.5, 0.6) is 0 Å². The smallest absolute Gasteiger partial charge is 0.407 e. The van der Waals surface area contributed by atoms with Gasteiger partial charge < -0.3 is 20.4 Å². The summed E-state index contributed by atoms with van der Waals surface area (Å²) in [7, 11) is 0. The maximum atomic E-state index is 12.8. The van der Waals surface area contributed by atoms with E-state index in [1.807, 2.05) is 57.2 Å². The predicted molar refractivity (Wildman–Crippen MR) is 133 cm³/mol. The fourth-order valence-electron chi connectivity index (χ4n) is 3.63. The van der Waals surface area contributed by atoms with Crippen LogP contribution in [-0.2, 0) is 4.74 Å². The molecular formula is C27H32N4O3. The number of unbranched alkanes of at least 4 members (excludes halogenated alkanes) is 1. The second-order valence-corrected chi connectivity index (χ2v) is 9.37. The molecule has 7 heteroatoms. The maximum absolute atomic E-state index is 12.8. The van der Waals surface area contributed by atoms with Crippen LogP contribution in [-0.4, -0.2) is 35.2 Å². The summed E-state index contributed by atoms with van der Waals surface area (Å²) in [6, 6.07) is 17.0. The summed E-state index contributed by atoms with van der Waals surface area (Å²) >= 11 is 0. The highest BCUT2D eigenvalue weighted by Crippen LogP contribution is 2.25. The van der Waals surface area contributed by atoms with Crippen molar-refractivity contribution in [3.8, 4) is 17.2 Å². The molecule has 7 nitrogen and oxygen atoms in total. The quantitative estimate of drug-likeness (QED) is 0.411. The monoisotopic (exact) mass is 460 g/mol. The molecule has 0 unspecified atom stereocenters. The van der Waals surface area contributed by atoms with E-state index in [1.165, 1.54) is 0 Å². The first-order valence-corrected chi connectivity index (χ1v) is 11.6. The number of ether oxygens (including phenoxy) is 1. The number of nitrogens with one attached hydrogen (secondary N) is 3. The van der Waals surface area contributed by atoms with Gasteiger partial charge >= 0.3 is 6.09 Å². The van der Waals surface area contributed by atoms with Crippen LogP contribution in [0, 0.1) is 11.3 Å². The van der Waals surface area contributed by atoms with Crippen LogP contribution in [0.3, 0.4) is 0 Å². The number of fused-ring (bicyclic) bond motifs is 1. The number of rotatable bonds is 8.